The lowest BCUT2D eigenvalue weighted by atomic mass is 9.99. The highest BCUT2D eigenvalue weighted by atomic mass is 79.9. The van der Waals surface area contributed by atoms with Crippen LogP contribution in [0, 0.1) is 11.7 Å². The zero-order valence-electron chi connectivity index (χ0n) is 13.9. The fourth-order valence-electron chi connectivity index (χ4n) is 2.91. The van der Waals surface area contributed by atoms with Crippen molar-refractivity contribution in [2.45, 2.75) is 17.7 Å². The van der Waals surface area contributed by atoms with Gasteiger partial charge in [-0.1, -0.05) is 15.9 Å². The molecule has 1 aliphatic rings. The Morgan fingerprint density at radius 1 is 1.12 bits per heavy atom. The molecule has 0 radical (unpaired) electrons. The first-order chi connectivity index (χ1) is 12.4. The van der Waals surface area contributed by atoms with Gasteiger partial charge < -0.3 is 5.32 Å². The maximum absolute atomic E-state index is 13.1. The molecule has 0 bridgehead atoms. The number of rotatable bonds is 4. The summed E-state index contributed by atoms with van der Waals surface area (Å²) in [5.74, 6) is -1.12. The van der Waals surface area contributed by atoms with E-state index in [4.69, 9.17) is 0 Å². The van der Waals surface area contributed by atoms with Crippen molar-refractivity contribution in [2.75, 3.05) is 18.4 Å². The van der Waals surface area contributed by atoms with Crippen molar-refractivity contribution in [1.82, 2.24) is 4.31 Å². The van der Waals surface area contributed by atoms with Crippen LogP contribution >= 0.6 is 15.9 Å². The predicted octanol–water partition coefficient (Wildman–Crippen LogP) is 3.63. The van der Waals surface area contributed by atoms with Crippen molar-refractivity contribution >= 4 is 37.5 Å². The van der Waals surface area contributed by atoms with Crippen LogP contribution in [0.2, 0.25) is 0 Å². The third kappa shape index (κ3) is 4.31. The van der Waals surface area contributed by atoms with E-state index in [0.717, 1.165) is 16.6 Å². The first-order valence-electron chi connectivity index (χ1n) is 8.18. The third-order valence-corrected chi connectivity index (χ3v) is 6.73. The van der Waals surface area contributed by atoms with E-state index in [1.54, 1.807) is 12.1 Å². The van der Waals surface area contributed by atoms with Gasteiger partial charge in [0, 0.05) is 23.2 Å². The summed E-state index contributed by atoms with van der Waals surface area (Å²) in [6.45, 7) is 0.462. The molecule has 0 aromatic heterocycles. The number of piperidine rings is 1. The maximum Gasteiger partial charge on any atom is 0.243 e. The molecule has 2 aromatic carbocycles. The minimum atomic E-state index is -3.74. The molecule has 5 nitrogen and oxygen atoms in total. The fraction of sp³-hybridized carbons (Fsp3) is 0.278. The first kappa shape index (κ1) is 19.0. The quantitative estimate of drug-likeness (QED) is 0.788. The number of anilines is 1. The van der Waals surface area contributed by atoms with Crippen molar-refractivity contribution in [3.8, 4) is 0 Å². The lowest BCUT2D eigenvalue weighted by molar-refractivity contribution is -0.120. The van der Waals surface area contributed by atoms with Crippen LogP contribution in [0.5, 0.6) is 0 Å². The van der Waals surface area contributed by atoms with Gasteiger partial charge in [-0.25, -0.2) is 12.8 Å². The molecule has 8 heteroatoms. The lowest BCUT2D eigenvalue weighted by Gasteiger charge is -2.31. The van der Waals surface area contributed by atoms with Crippen LogP contribution < -0.4 is 5.32 Å². The molecule has 1 amide bonds. The first-order valence-corrected chi connectivity index (χ1v) is 10.4. The molecule has 0 saturated carbocycles. The Bertz CT molecular complexity index is 886. The molecule has 1 atom stereocenters. The standard InChI is InChI=1S/C18H18BrFN2O3S/c19-14-3-7-16(8-4-14)21-18(23)13-2-1-11-22(12-13)26(24,25)17-9-5-15(20)6-10-17/h3-10,13H,1-2,11-12H2,(H,21,23). The number of hydrogen-bond donors (Lipinski definition) is 1. The van der Waals surface area contributed by atoms with E-state index in [-0.39, 0.29) is 17.3 Å². The SMILES string of the molecule is O=C(Nc1ccc(Br)cc1)C1CCCN(S(=O)(=O)c2ccc(F)cc2)C1. The molecule has 1 saturated heterocycles. The summed E-state index contributed by atoms with van der Waals surface area (Å²) in [6.07, 6.45) is 1.22. The Morgan fingerprint density at radius 3 is 2.42 bits per heavy atom. The second kappa shape index (κ2) is 7.85. The van der Waals surface area contributed by atoms with Gasteiger partial charge in [0.05, 0.1) is 10.8 Å². The largest absolute Gasteiger partial charge is 0.326 e. The smallest absolute Gasteiger partial charge is 0.243 e. The van der Waals surface area contributed by atoms with Crippen LogP contribution in [0.4, 0.5) is 10.1 Å². The molecule has 138 valence electrons. The highest BCUT2D eigenvalue weighted by molar-refractivity contribution is 9.10. The van der Waals surface area contributed by atoms with Gasteiger partial charge in [0.25, 0.3) is 0 Å². The van der Waals surface area contributed by atoms with Crippen LogP contribution in [0.3, 0.4) is 0 Å². The fourth-order valence-corrected chi connectivity index (χ4v) is 4.70. The van der Waals surface area contributed by atoms with E-state index in [1.807, 2.05) is 12.1 Å². The number of hydrogen-bond acceptors (Lipinski definition) is 3. The van der Waals surface area contributed by atoms with Crippen LogP contribution in [0.25, 0.3) is 0 Å². The average Bonchev–Trinajstić information content (AvgIpc) is 2.64. The van der Waals surface area contributed by atoms with E-state index in [9.17, 15) is 17.6 Å². The van der Waals surface area contributed by atoms with Gasteiger partial charge >= 0.3 is 0 Å². The van der Waals surface area contributed by atoms with E-state index < -0.39 is 21.8 Å². The van der Waals surface area contributed by atoms with Gasteiger partial charge in [0.1, 0.15) is 5.82 Å². The van der Waals surface area contributed by atoms with Gasteiger partial charge in [-0.3, -0.25) is 4.79 Å². The van der Waals surface area contributed by atoms with Crippen molar-refractivity contribution in [1.29, 1.82) is 0 Å². The molecule has 0 aliphatic carbocycles. The molecule has 1 heterocycles. The van der Waals surface area contributed by atoms with Crippen LogP contribution in [0.1, 0.15) is 12.8 Å². The summed E-state index contributed by atoms with van der Waals surface area (Å²) in [7, 11) is -3.74. The molecular weight excluding hydrogens is 423 g/mol. The number of nitrogens with zero attached hydrogens (tertiary/aromatic N) is 1. The minimum absolute atomic E-state index is 0.0351. The highest BCUT2D eigenvalue weighted by Crippen LogP contribution is 2.25. The molecule has 2 aromatic rings. The molecule has 3 rings (SSSR count). The molecule has 1 aliphatic heterocycles. The summed E-state index contributed by atoms with van der Waals surface area (Å²) in [5, 5.41) is 2.83. The molecule has 1 N–H and O–H groups in total. The zero-order chi connectivity index (χ0) is 18.7. The van der Waals surface area contributed by atoms with Gasteiger partial charge in [0.15, 0.2) is 0 Å². The average molecular weight is 441 g/mol. The van der Waals surface area contributed by atoms with Gasteiger partial charge in [-0.05, 0) is 61.4 Å². The Morgan fingerprint density at radius 2 is 1.77 bits per heavy atom. The maximum atomic E-state index is 13.1. The molecule has 0 spiro atoms. The van der Waals surface area contributed by atoms with E-state index in [2.05, 4.69) is 21.2 Å². The number of halogens is 2. The van der Waals surface area contributed by atoms with Gasteiger partial charge in [-0.2, -0.15) is 4.31 Å². The Balaban J connectivity index is 1.71. The van der Waals surface area contributed by atoms with E-state index in [0.29, 0.717) is 25.1 Å². The lowest BCUT2D eigenvalue weighted by Crippen LogP contribution is -2.43. The molecular formula is C18H18BrFN2O3S. The highest BCUT2D eigenvalue weighted by Gasteiger charge is 2.33. The summed E-state index contributed by atoms with van der Waals surface area (Å²) in [5.41, 5.74) is 0.664. The van der Waals surface area contributed by atoms with Crippen molar-refractivity contribution in [2.24, 2.45) is 5.92 Å². The van der Waals surface area contributed by atoms with Crippen LogP contribution in [0.15, 0.2) is 57.9 Å². The Hall–Kier alpha value is -1.77. The number of benzene rings is 2. The Kier molecular flexibility index (Phi) is 5.74. The van der Waals surface area contributed by atoms with Crippen LogP contribution in [-0.2, 0) is 14.8 Å². The predicted molar refractivity (Wildman–Crippen MR) is 101 cm³/mol. The summed E-state index contributed by atoms with van der Waals surface area (Å²) >= 11 is 3.34. The van der Waals surface area contributed by atoms with E-state index >= 15 is 0 Å². The molecule has 1 unspecified atom stereocenters. The van der Waals surface area contributed by atoms with Gasteiger partial charge in [-0.15, -0.1) is 0 Å². The Labute approximate surface area is 160 Å². The number of carbonyl (C=O) groups excluding carboxylic acids is 1. The number of nitrogens with one attached hydrogen (secondary N) is 1. The van der Waals surface area contributed by atoms with Crippen LogP contribution in [-0.4, -0.2) is 31.7 Å². The second-order valence-electron chi connectivity index (χ2n) is 6.15. The topological polar surface area (TPSA) is 66.5 Å². The number of amides is 1. The van der Waals surface area contributed by atoms with Crippen molar-refractivity contribution < 1.29 is 17.6 Å². The molecule has 1 fully saturated rings. The normalized spacial score (nSPS) is 18.5. The summed E-state index contributed by atoms with van der Waals surface area (Å²) in [4.78, 5) is 12.5. The summed E-state index contributed by atoms with van der Waals surface area (Å²) < 4.78 is 40.7. The monoisotopic (exact) mass is 440 g/mol. The van der Waals surface area contributed by atoms with Gasteiger partial charge in [0.2, 0.25) is 15.9 Å². The minimum Gasteiger partial charge on any atom is -0.326 e. The summed E-state index contributed by atoms with van der Waals surface area (Å²) in [6, 6.07) is 11.9. The molecule has 26 heavy (non-hydrogen) atoms. The number of sulfonamides is 1. The van der Waals surface area contributed by atoms with E-state index in [1.165, 1.54) is 16.4 Å². The zero-order valence-corrected chi connectivity index (χ0v) is 16.3. The third-order valence-electron chi connectivity index (χ3n) is 4.32. The van der Waals surface area contributed by atoms with Crippen molar-refractivity contribution in [3.63, 3.8) is 0 Å². The number of carbonyl (C=O) groups is 1. The second-order valence-corrected chi connectivity index (χ2v) is 9.01. The van der Waals surface area contributed by atoms with Crippen molar-refractivity contribution in [3.05, 3.63) is 58.8 Å².